The Morgan fingerprint density at radius 3 is 2.26 bits per heavy atom. The predicted octanol–water partition coefficient (Wildman–Crippen LogP) is 3.47. The first kappa shape index (κ1) is 18.0. The standard InChI is InChI=1S/C11H22Cl3N2O2P/c1-11(2)9-16(8-5-14)19(17,18-10-11)15(6-3-12)7-4-13/h3-10H2,1-2H3. The summed E-state index contributed by atoms with van der Waals surface area (Å²) in [7, 11) is -3.05. The monoisotopic (exact) mass is 350 g/mol. The molecule has 0 amide bonds. The zero-order valence-electron chi connectivity index (χ0n) is 11.4. The van der Waals surface area contributed by atoms with Gasteiger partial charge in [0.25, 0.3) is 0 Å². The van der Waals surface area contributed by atoms with Crippen LogP contribution in [0.2, 0.25) is 0 Å². The summed E-state index contributed by atoms with van der Waals surface area (Å²) in [6.45, 7) is 6.84. The zero-order chi connectivity index (χ0) is 14.5. The molecule has 0 spiro atoms. The van der Waals surface area contributed by atoms with Gasteiger partial charge < -0.3 is 4.52 Å². The highest BCUT2D eigenvalue weighted by molar-refractivity contribution is 7.54. The first-order valence-electron chi connectivity index (χ1n) is 6.33. The minimum Gasteiger partial charge on any atom is -0.305 e. The fourth-order valence-corrected chi connectivity index (χ4v) is 5.88. The van der Waals surface area contributed by atoms with Gasteiger partial charge in [-0.25, -0.2) is 9.34 Å². The van der Waals surface area contributed by atoms with Crippen LogP contribution >= 0.6 is 42.5 Å². The van der Waals surface area contributed by atoms with E-state index in [2.05, 4.69) is 13.8 Å². The SMILES string of the molecule is CC1(C)COP(=O)(N(CCCl)CCCl)N(CCCl)C1. The van der Waals surface area contributed by atoms with Crippen LogP contribution in [0.3, 0.4) is 0 Å². The summed E-state index contributed by atoms with van der Waals surface area (Å²) in [6, 6.07) is 0. The summed E-state index contributed by atoms with van der Waals surface area (Å²) in [5, 5.41) is 0. The molecule has 19 heavy (non-hydrogen) atoms. The van der Waals surface area contributed by atoms with Crippen molar-refractivity contribution in [3.63, 3.8) is 0 Å². The lowest BCUT2D eigenvalue weighted by atomic mass is 9.95. The van der Waals surface area contributed by atoms with Crippen molar-refractivity contribution in [1.82, 2.24) is 9.34 Å². The average molecular weight is 352 g/mol. The van der Waals surface area contributed by atoms with Gasteiger partial charge in [-0.2, -0.15) is 0 Å². The van der Waals surface area contributed by atoms with E-state index in [-0.39, 0.29) is 5.41 Å². The van der Waals surface area contributed by atoms with Crippen molar-refractivity contribution < 1.29 is 9.09 Å². The van der Waals surface area contributed by atoms with E-state index in [1.807, 2.05) is 4.67 Å². The number of hydrogen-bond acceptors (Lipinski definition) is 2. The zero-order valence-corrected chi connectivity index (χ0v) is 14.6. The van der Waals surface area contributed by atoms with E-state index in [0.29, 0.717) is 50.4 Å². The normalized spacial score (nSPS) is 27.9. The molecule has 0 N–H and O–H groups in total. The molecule has 1 rings (SSSR count). The van der Waals surface area contributed by atoms with E-state index in [0.717, 1.165) is 0 Å². The molecule has 0 bridgehead atoms. The smallest absolute Gasteiger partial charge is 0.305 e. The first-order valence-corrected chi connectivity index (χ1v) is 9.46. The van der Waals surface area contributed by atoms with Crippen molar-refractivity contribution in [2.45, 2.75) is 13.8 Å². The van der Waals surface area contributed by atoms with E-state index >= 15 is 0 Å². The van der Waals surface area contributed by atoms with E-state index in [1.165, 1.54) is 0 Å². The van der Waals surface area contributed by atoms with Crippen molar-refractivity contribution in [3.05, 3.63) is 0 Å². The Balaban J connectivity index is 2.93. The number of alkyl halides is 3. The maximum absolute atomic E-state index is 13.2. The van der Waals surface area contributed by atoms with Crippen molar-refractivity contribution in [3.8, 4) is 0 Å². The molecule has 1 aliphatic rings. The molecule has 0 saturated carbocycles. The topological polar surface area (TPSA) is 32.8 Å². The second-order valence-electron chi connectivity index (χ2n) is 5.34. The highest BCUT2D eigenvalue weighted by Crippen LogP contribution is 2.58. The quantitative estimate of drug-likeness (QED) is 0.519. The molecule has 0 aromatic carbocycles. The third kappa shape index (κ3) is 4.74. The summed E-state index contributed by atoms with van der Waals surface area (Å²) >= 11 is 17.4. The number of halogens is 3. The molecule has 1 saturated heterocycles. The van der Waals surface area contributed by atoms with Crippen molar-refractivity contribution in [2.24, 2.45) is 5.41 Å². The predicted molar refractivity (Wildman–Crippen MR) is 82.6 cm³/mol. The van der Waals surface area contributed by atoms with Crippen LogP contribution in [0.5, 0.6) is 0 Å². The van der Waals surface area contributed by atoms with E-state index in [1.54, 1.807) is 4.67 Å². The first-order chi connectivity index (χ1) is 8.89. The Hall–Kier alpha value is 0.980. The van der Waals surface area contributed by atoms with Gasteiger partial charge in [0.1, 0.15) is 0 Å². The molecule has 1 heterocycles. The molecule has 1 unspecified atom stereocenters. The van der Waals surface area contributed by atoms with Gasteiger partial charge in [-0.05, 0) is 0 Å². The third-order valence-electron chi connectivity index (χ3n) is 2.98. The fourth-order valence-electron chi connectivity index (χ4n) is 2.09. The molecule has 4 nitrogen and oxygen atoms in total. The van der Waals surface area contributed by atoms with Crippen LogP contribution in [0.4, 0.5) is 0 Å². The highest BCUT2D eigenvalue weighted by Gasteiger charge is 2.45. The molecule has 1 atom stereocenters. The molecule has 1 fully saturated rings. The molecule has 8 heteroatoms. The van der Waals surface area contributed by atoms with Gasteiger partial charge >= 0.3 is 7.67 Å². The minimum absolute atomic E-state index is 0.0342. The summed E-state index contributed by atoms with van der Waals surface area (Å²) in [6.07, 6.45) is 0. The number of rotatable bonds is 7. The largest absolute Gasteiger partial charge is 0.346 e. The van der Waals surface area contributed by atoms with Crippen molar-refractivity contribution >= 4 is 42.5 Å². The van der Waals surface area contributed by atoms with Crippen LogP contribution in [0, 0.1) is 5.41 Å². The van der Waals surface area contributed by atoms with Crippen LogP contribution in [0.15, 0.2) is 0 Å². The third-order valence-corrected chi connectivity index (χ3v) is 6.12. The van der Waals surface area contributed by atoms with E-state index < -0.39 is 7.67 Å². The van der Waals surface area contributed by atoms with E-state index in [4.69, 9.17) is 39.3 Å². The lowest BCUT2D eigenvalue weighted by Gasteiger charge is -2.46. The van der Waals surface area contributed by atoms with Gasteiger partial charge in [0.15, 0.2) is 0 Å². The maximum Gasteiger partial charge on any atom is 0.346 e. The van der Waals surface area contributed by atoms with Gasteiger partial charge in [-0.15, -0.1) is 34.8 Å². The number of nitrogens with zero attached hydrogens (tertiary/aromatic N) is 2. The van der Waals surface area contributed by atoms with Crippen LogP contribution in [-0.4, -0.2) is 59.8 Å². The lowest BCUT2D eigenvalue weighted by Crippen LogP contribution is -2.46. The van der Waals surface area contributed by atoms with Gasteiger partial charge in [-0.3, -0.25) is 4.57 Å². The summed E-state index contributed by atoms with van der Waals surface area (Å²) in [5.41, 5.74) is -0.0342. The van der Waals surface area contributed by atoms with Crippen LogP contribution in [0.25, 0.3) is 0 Å². The van der Waals surface area contributed by atoms with Crippen LogP contribution < -0.4 is 0 Å². The second-order valence-corrected chi connectivity index (χ2v) is 8.84. The molecule has 0 aromatic rings. The van der Waals surface area contributed by atoms with Crippen molar-refractivity contribution in [2.75, 3.05) is 50.4 Å². The minimum atomic E-state index is -3.05. The fraction of sp³-hybridized carbons (Fsp3) is 1.00. The average Bonchev–Trinajstić information content (AvgIpc) is 2.34. The molecular weight excluding hydrogens is 329 g/mol. The van der Waals surface area contributed by atoms with Crippen LogP contribution in [-0.2, 0) is 9.09 Å². The molecular formula is C11H22Cl3N2O2P. The molecule has 0 aromatic heterocycles. The molecule has 1 aliphatic heterocycles. The Kier molecular flexibility index (Phi) is 7.44. The lowest BCUT2D eigenvalue weighted by molar-refractivity contribution is 0.0764. The second kappa shape index (κ2) is 7.84. The molecule has 0 aliphatic carbocycles. The van der Waals surface area contributed by atoms with Gasteiger partial charge in [-0.1, -0.05) is 13.8 Å². The van der Waals surface area contributed by atoms with Crippen molar-refractivity contribution in [1.29, 1.82) is 0 Å². The highest BCUT2D eigenvalue weighted by atomic mass is 35.5. The molecule has 0 radical (unpaired) electrons. The molecule has 114 valence electrons. The van der Waals surface area contributed by atoms with Gasteiger partial charge in [0.2, 0.25) is 0 Å². The Morgan fingerprint density at radius 2 is 1.79 bits per heavy atom. The maximum atomic E-state index is 13.2. The summed E-state index contributed by atoms with van der Waals surface area (Å²) < 4.78 is 22.5. The van der Waals surface area contributed by atoms with Crippen LogP contribution in [0.1, 0.15) is 13.8 Å². The Bertz CT molecular complexity index is 325. The Morgan fingerprint density at radius 1 is 1.21 bits per heavy atom. The van der Waals surface area contributed by atoms with Gasteiger partial charge in [0.05, 0.1) is 6.61 Å². The summed E-state index contributed by atoms with van der Waals surface area (Å²) in [5.74, 6) is 1.20. The summed E-state index contributed by atoms with van der Waals surface area (Å²) in [4.78, 5) is 0. The van der Waals surface area contributed by atoms with Gasteiger partial charge in [0, 0.05) is 49.2 Å². The van der Waals surface area contributed by atoms with E-state index in [9.17, 15) is 4.57 Å². The number of hydrogen-bond donors (Lipinski definition) is 0. The Labute approximate surface area is 130 Å².